The van der Waals surface area contributed by atoms with Gasteiger partial charge in [0.25, 0.3) is 0 Å². The van der Waals surface area contributed by atoms with Gasteiger partial charge >= 0.3 is 0 Å². The maximum absolute atomic E-state index is 12.0. The van der Waals surface area contributed by atoms with E-state index < -0.39 is 10.0 Å². The lowest BCUT2D eigenvalue weighted by molar-refractivity contribution is -0.116. The maximum atomic E-state index is 12.0. The molecule has 0 aromatic heterocycles. The minimum absolute atomic E-state index is 0.00291. The summed E-state index contributed by atoms with van der Waals surface area (Å²) in [6.07, 6.45) is 0.286. The van der Waals surface area contributed by atoms with E-state index in [0.717, 1.165) is 5.56 Å². The van der Waals surface area contributed by atoms with Crippen molar-refractivity contribution >= 4 is 44.8 Å². The second-order valence-electron chi connectivity index (χ2n) is 5.85. The lowest BCUT2D eigenvalue weighted by atomic mass is 10.2. The first-order valence-corrected chi connectivity index (χ1v) is 10.0. The third kappa shape index (κ3) is 6.26. The van der Waals surface area contributed by atoms with Crippen LogP contribution in [0.1, 0.15) is 12.0 Å². The van der Waals surface area contributed by atoms with Gasteiger partial charge in [-0.2, -0.15) is 0 Å². The summed E-state index contributed by atoms with van der Waals surface area (Å²) in [5, 5.41) is 8.75. The molecule has 2 aromatic carbocycles. The zero-order valence-electron chi connectivity index (χ0n) is 14.1. The highest BCUT2D eigenvalue weighted by atomic mass is 35.5. The van der Waals surface area contributed by atoms with Gasteiger partial charge in [0.15, 0.2) is 0 Å². The normalized spacial score (nSPS) is 11.6. The Morgan fingerprint density at radius 1 is 1.12 bits per heavy atom. The predicted octanol–water partition coefficient (Wildman–Crippen LogP) is 3.10. The Kier molecular flexibility index (Phi) is 7.02. The predicted molar refractivity (Wildman–Crippen MR) is 104 cm³/mol. The molecule has 0 spiro atoms. The van der Waals surface area contributed by atoms with Crippen LogP contribution >= 0.6 is 23.2 Å². The first kappa shape index (κ1) is 20.7. The van der Waals surface area contributed by atoms with Crippen LogP contribution in [0.5, 0.6) is 0 Å². The first-order valence-electron chi connectivity index (χ1n) is 7.70. The number of primary sulfonamides is 1. The molecule has 0 atom stereocenters. The van der Waals surface area contributed by atoms with Gasteiger partial charge in [0.05, 0.1) is 14.9 Å². The van der Waals surface area contributed by atoms with Crippen LogP contribution in [0.2, 0.25) is 10.0 Å². The SMILES string of the molecule is CN(CCC(=O)Nc1ccc(S(N)(=O)=O)cc1)Cc1ccc(Cl)c(Cl)c1. The van der Waals surface area contributed by atoms with Crippen LogP contribution in [0.25, 0.3) is 0 Å². The summed E-state index contributed by atoms with van der Waals surface area (Å²) in [6.45, 7) is 1.18. The van der Waals surface area contributed by atoms with Crippen LogP contribution in [0.4, 0.5) is 5.69 Å². The highest BCUT2D eigenvalue weighted by molar-refractivity contribution is 7.89. The number of anilines is 1. The Morgan fingerprint density at radius 2 is 1.77 bits per heavy atom. The zero-order chi connectivity index (χ0) is 19.3. The van der Waals surface area contributed by atoms with Gasteiger partial charge in [-0.1, -0.05) is 29.3 Å². The van der Waals surface area contributed by atoms with Crippen LogP contribution in [0, 0.1) is 0 Å². The van der Waals surface area contributed by atoms with E-state index in [1.807, 2.05) is 18.0 Å². The highest BCUT2D eigenvalue weighted by Gasteiger charge is 2.09. The molecule has 0 aliphatic carbocycles. The van der Waals surface area contributed by atoms with Gasteiger partial charge in [-0.3, -0.25) is 4.79 Å². The minimum Gasteiger partial charge on any atom is -0.326 e. The third-order valence-electron chi connectivity index (χ3n) is 3.62. The van der Waals surface area contributed by atoms with Crippen LogP contribution in [0.3, 0.4) is 0 Å². The summed E-state index contributed by atoms with van der Waals surface area (Å²) >= 11 is 11.9. The molecular formula is C17H19Cl2N3O3S. The third-order valence-corrected chi connectivity index (χ3v) is 5.29. The van der Waals surface area contributed by atoms with E-state index in [0.29, 0.717) is 28.8 Å². The number of carbonyl (C=O) groups excluding carboxylic acids is 1. The summed E-state index contributed by atoms with van der Waals surface area (Å²) in [4.78, 5) is 14.0. The van der Waals surface area contributed by atoms with Crippen molar-refractivity contribution in [3.8, 4) is 0 Å². The number of halogens is 2. The molecule has 2 rings (SSSR count). The number of rotatable bonds is 7. The van der Waals surface area contributed by atoms with Crippen LogP contribution in [-0.2, 0) is 21.4 Å². The molecule has 140 valence electrons. The van der Waals surface area contributed by atoms with Gasteiger partial charge < -0.3 is 10.2 Å². The van der Waals surface area contributed by atoms with Crippen molar-refractivity contribution in [2.75, 3.05) is 18.9 Å². The smallest absolute Gasteiger partial charge is 0.238 e. The second kappa shape index (κ2) is 8.83. The molecule has 9 heteroatoms. The Hall–Kier alpha value is -1.64. The molecule has 0 heterocycles. The summed E-state index contributed by atoms with van der Waals surface area (Å²) in [5.74, 6) is -0.172. The van der Waals surface area contributed by atoms with Gasteiger partial charge in [0.1, 0.15) is 0 Å². The number of benzene rings is 2. The van der Waals surface area contributed by atoms with E-state index >= 15 is 0 Å². The number of nitrogens with two attached hydrogens (primary N) is 1. The Labute approximate surface area is 162 Å². The summed E-state index contributed by atoms with van der Waals surface area (Å²) < 4.78 is 22.4. The average molecular weight is 416 g/mol. The largest absolute Gasteiger partial charge is 0.326 e. The van der Waals surface area contributed by atoms with Gasteiger partial charge in [-0.15, -0.1) is 0 Å². The van der Waals surface area contributed by atoms with Crippen molar-refractivity contribution in [3.05, 3.63) is 58.1 Å². The molecule has 3 N–H and O–H groups in total. The molecule has 0 fully saturated rings. The van der Waals surface area contributed by atoms with E-state index in [9.17, 15) is 13.2 Å². The fraction of sp³-hybridized carbons (Fsp3) is 0.235. The first-order chi connectivity index (χ1) is 12.1. The van der Waals surface area contributed by atoms with E-state index in [4.69, 9.17) is 28.3 Å². The van der Waals surface area contributed by atoms with Gasteiger partial charge in [0, 0.05) is 25.2 Å². The topological polar surface area (TPSA) is 92.5 Å². The molecular weight excluding hydrogens is 397 g/mol. The van der Waals surface area contributed by atoms with Crippen molar-refractivity contribution in [1.29, 1.82) is 0 Å². The maximum Gasteiger partial charge on any atom is 0.238 e. The van der Waals surface area contributed by atoms with E-state index in [2.05, 4.69) is 5.32 Å². The molecule has 0 bridgehead atoms. The quantitative estimate of drug-likeness (QED) is 0.726. The number of carbonyl (C=O) groups is 1. The van der Waals surface area contributed by atoms with Crippen molar-refractivity contribution in [2.24, 2.45) is 5.14 Å². The average Bonchev–Trinajstić information content (AvgIpc) is 2.56. The van der Waals surface area contributed by atoms with Crippen molar-refractivity contribution in [3.63, 3.8) is 0 Å². The molecule has 0 unspecified atom stereocenters. The van der Waals surface area contributed by atoms with E-state index in [1.54, 1.807) is 12.1 Å². The van der Waals surface area contributed by atoms with E-state index in [-0.39, 0.29) is 17.2 Å². The Bertz CT molecular complexity index is 887. The van der Waals surface area contributed by atoms with E-state index in [1.165, 1.54) is 24.3 Å². The molecule has 0 aliphatic rings. The fourth-order valence-corrected chi connectivity index (χ4v) is 3.11. The van der Waals surface area contributed by atoms with Crippen LogP contribution < -0.4 is 10.5 Å². The standard InChI is InChI=1S/C17H19Cl2N3O3S/c1-22(11-12-2-7-15(18)16(19)10-12)9-8-17(23)21-13-3-5-14(6-4-13)26(20,24)25/h2-7,10H,8-9,11H2,1H3,(H,21,23)(H2,20,24,25). The Balaban J connectivity index is 1.83. The van der Waals surface area contributed by atoms with Gasteiger partial charge in [-0.05, 0) is 49.0 Å². The minimum atomic E-state index is -3.74. The molecule has 0 radical (unpaired) electrons. The molecule has 26 heavy (non-hydrogen) atoms. The number of nitrogens with one attached hydrogen (secondary N) is 1. The molecule has 6 nitrogen and oxygen atoms in total. The number of nitrogens with zero attached hydrogens (tertiary/aromatic N) is 1. The highest BCUT2D eigenvalue weighted by Crippen LogP contribution is 2.23. The molecule has 0 saturated carbocycles. The monoisotopic (exact) mass is 415 g/mol. The zero-order valence-corrected chi connectivity index (χ0v) is 16.4. The number of amides is 1. The fourth-order valence-electron chi connectivity index (χ4n) is 2.27. The number of sulfonamides is 1. The second-order valence-corrected chi connectivity index (χ2v) is 8.23. The van der Waals surface area contributed by atoms with Crippen molar-refractivity contribution in [1.82, 2.24) is 4.90 Å². The van der Waals surface area contributed by atoms with Crippen molar-refractivity contribution < 1.29 is 13.2 Å². The summed E-state index contributed by atoms with van der Waals surface area (Å²) in [6, 6.07) is 11.1. The summed E-state index contributed by atoms with van der Waals surface area (Å²) in [5.41, 5.74) is 1.51. The Morgan fingerprint density at radius 3 is 2.35 bits per heavy atom. The van der Waals surface area contributed by atoms with Gasteiger partial charge in [0.2, 0.25) is 15.9 Å². The van der Waals surface area contributed by atoms with Crippen LogP contribution in [-0.4, -0.2) is 32.8 Å². The molecule has 1 amide bonds. The molecule has 0 aliphatic heterocycles. The summed E-state index contributed by atoms with van der Waals surface area (Å²) in [7, 11) is -1.84. The van der Waals surface area contributed by atoms with Crippen molar-refractivity contribution in [2.45, 2.75) is 17.9 Å². The molecule has 2 aromatic rings. The van der Waals surface area contributed by atoms with Gasteiger partial charge in [-0.25, -0.2) is 13.6 Å². The number of hydrogen-bond acceptors (Lipinski definition) is 4. The van der Waals surface area contributed by atoms with Crippen LogP contribution in [0.15, 0.2) is 47.4 Å². The number of hydrogen-bond donors (Lipinski definition) is 2. The lowest BCUT2D eigenvalue weighted by Gasteiger charge is -2.17. The lowest BCUT2D eigenvalue weighted by Crippen LogP contribution is -2.24. The molecule has 0 saturated heterocycles.